The molecule has 0 spiro atoms. The minimum atomic E-state index is -0.184. The summed E-state index contributed by atoms with van der Waals surface area (Å²) in [5.41, 5.74) is 2.00. The Hall–Kier alpha value is -1.79. The van der Waals surface area contributed by atoms with Crippen molar-refractivity contribution in [2.24, 2.45) is 5.92 Å². The number of aryl methyl sites for hydroxylation is 2. The average molecular weight is 390 g/mol. The highest BCUT2D eigenvalue weighted by atomic mass is 32.1. The van der Waals surface area contributed by atoms with Gasteiger partial charge in [0.15, 0.2) is 0 Å². The molecule has 2 heterocycles. The van der Waals surface area contributed by atoms with E-state index >= 15 is 0 Å². The highest BCUT2D eigenvalue weighted by Crippen LogP contribution is 2.22. The number of halogens is 1. The Labute approximate surface area is 165 Å². The Morgan fingerprint density at radius 2 is 2.07 bits per heavy atom. The number of piperidine rings is 1. The first kappa shape index (κ1) is 20.0. The smallest absolute Gasteiger partial charge is 0.265 e. The maximum absolute atomic E-state index is 13.0. The summed E-state index contributed by atoms with van der Waals surface area (Å²) in [5.74, 6) is 0.396. The molecule has 1 aliphatic rings. The van der Waals surface area contributed by atoms with Crippen LogP contribution in [-0.2, 0) is 6.42 Å². The summed E-state index contributed by atoms with van der Waals surface area (Å²) in [6.45, 7) is 7.72. The molecule has 0 radical (unpaired) electrons. The summed E-state index contributed by atoms with van der Waals surface area (Å²) >= 11 is 1.48. The second kappa shape index (κ2) is 8.93. The Morgan fingerprint density at radius 3 is 2.74 bits per heavy atom. The first-order valence-corrected chi connectivity index (χ1v) is 10.4. The normalized spacial score (nSPS) is 17.9. The molecule has 0 aliphatic carbocycles. The number of hydrogen-bond acceptors (Lipinski definition) is 4. The largest absolute Gasteiger partial charge is 0.341 e. The van der Waals surface area contributed by atoms with Gasteiger partial charge < -0.3 is 9.80 Å². The van der Waals surface area contributed by atoms with Gasteiger partial charge in [-0.05, 0) is 63.3 Å². The monoisotopic (exact) mass is 389 g/mol. The summed E-state index contributed by atoms with van der Waals surface area (Å²) in [6, 6.07) is 6.78. The SMILES string of the molecule is Cc1nc(C)c(C(=O)N(C)C[C@@H]2CCCN(CCc3ccc(F)cc3)C2)s1. The number of hydrogen-bond donors (Lipinski definition) is 0. The lowest BCUT2D eigenvalue weighted by Crippen LogP contribution is -2.42. The van der Waals surface area contributed by atoms with Gasteiger partial charge in [-0.1, -0.05) is 12.1 Å². The van der Waals surface area contributed by atoms with E-state index in [1.165, 1.54) is 29.0 Å². The summed E-state index contributed by atoms with van der Waals surface area (Å²) in [6.07, 6.45) is 3.25. The van der Waals surface area contributed by atoms with Crippen molar-refractivity contribution in [2.75, 3.05) is 33.2 Å². The molecule has 0 saturated carbocycles. The zero-order valence-electron chi connectivity index (χ0n) is 16.4. The molecule has 0 bridgehead atoms. The molecule has 1 fully saturated rings. The molecule has 27 heavy (non-hydrogen) atoms. The predicted molar refractivity (Wildman–Crippen MR) is 108 cm³/mol. The van der Waals surface area contributed by atoms with Crippen LogP contribution in [0.2, 0.25) is 0 Å². The van der Waals surface area contributed by atoms with Crippen molar-refractivity contribution >= 4 is 17.2 Å². The van der Waals surface area contributed by atoms with E-state index in [-0.39, 0.29) is 11.7 Å². The van der Waals surface area contributed by atoms with Crippen LogP contribution in [0.25, 0.3) is 0 Å². The van der Waals surface area contributed by atoms with E-state index in [1.54, 1.807) is 0 Å². The van der Waals surface area contributed by atoms with E-state index in [2.05, 4.69) is 9.88 Å². The first-order chi connectivity index (χ1) is 12.9. The zero-order valence-corrected chi connectivity index (χ0v) is 17.2. The lowest BCUT2D eigenvalue weighted by atomic mass is 9.97. The number of carbonyl (C=O) groups excluding carboxylic acids is 1. The summed E-state index contributed by atoms with van der Waals surface area (Å²) in [5, 5.41) is 0.939. The van der Waals surface area contributed by atoms with Gasteiger partial charge >= 0.3 is 0 Å². The van der Waals surface area contributed by atoms with Gasteiger partial charge in [-0.25, -0.2) is 9.37 Å². The molecule has 1 aromatic carbocycles. The van der Waals surface area contributed by atoms with Crippen molar-refractivity contribution in [3.63, 3.8) is 0 Å². The summed E-state index contributed by atoms with van der Waals surface area (Å²) in [4.78, 5) is 22.2. The Balaban J connectivity index is 1.50. The van der Waals surface area contributed by atoms with Gasteiger partial charge in [0, 0.05) is 26.7 Å². The maximum Gasteiger partial charge on any atom is 0.265 e. The van der Waals surface area contributed by atoms with Gasteiger partial charge in [0.2, 0.25) is 0 Å². The van der Waals surface area contributed by atoms with Crippen LogP contribution < -0.4 is 0 Å². The van der Waals surface area contributed by atoms with Crippen LogP contribution in [0, 0.1) is 25.6 Å². The third-order valence-corrected chi connectivity index (χ3v) is 6.27. The van der Waals surface area contributed by atoms with Crippen LogP contribution in [0.15, 0.2) is 24.3 Å². The second-order valence-electron chi connectivity index (χ2n) is 7.52. The molecule has 1 atom stereocenters. The van der Waals surface area contributed by atoms with E-state index in [0.717, 1.165) is 61.0 Å². The van der Waals surface area contributed by atoms with Gasteiger partial charge in [-0.15, -0.1) is 11.3 Å². The van der Waals surface area contributed by atoms with Gasteiger partial charge in [0.25, 0.3) is 5.91 Å². The predicted octanol–water partition coefficient (Wildman–Crippen LogP) is 3.93. The van der Waals surface area contributed by atoms with E-state index in [9.17, 15) is 9.18 Å². The minimum Gasteiger partial charge on any atom is -0.341 e. The molecular formula is C21H28FN3OS. The molecule has 1 aliphatic heterocycles. The summed E-state index contributed by atoms with van der Waals surface area (Å²) < 4.78 is 13.0. The van der Waals surface area contributed by atoms with Crippen LogP contribution in [0.1, 0.15) is 38.8 Å². The van der Waals surface area contributed by atoms with E-state index in [4.69, 9.17) is 0 Å². The number of carbonyl (C=O) groups is 1. The van der Waals surface area contributed by atoms with Crippen LogP contribution in [-0.4, -0.2) is 53.9 Å². The topological polar surface area (TPSA) is 36.4 Å². The number of thiazole rings is 1. The van der Waals surface area contributed by atoms with Gasteiger partial charge in [0.05, 0.1) is 10.7 Å². The molecule has 4 nitrogen and oxygen atoms in total. The highest BCUT2D eigenvalue weighted by Gasteiger charge is 2.24. The lowest BCUT2D eigenvalue weighted by Gasteiger charge is -2.34. The summed E-state index contributed by atoms with van der Waals surface area (Å²) in [7, 11) is 1.90. The van der Waals surface area contributed by atoms with Crippen molar-refractivity contribution < 1.29 is 9.18 Å². The lowest BCUT2D eigenvalue weighted by molar-refractivity contribution is 0.0734. The van der Waals surface area contributed by atoms with Crippen molar-refractivity contribution in [3.05, 3.63) is 51.2 Å². The molecule has 1 aromatic heterocycles. The molecule has 1 saturated heterocycles. The third-order valence-electron chi connectivity index (χ3n) is 5.21. The Kier molecular flexibility index (Phi) is 6.60. The molecule has 146 valence electrons. The van der Waals surface area contributed by atoms with Gasteiger partial charge in [-0.3, -0.25) is 4.79 Å². The Bertz CT molecular complexity index is 774. The number of nitrogens with zero attached hydrogens (tertiary/aromatic N) is 3. The van der Waals surface area contributed by atoms with Crippen molar-refractivity contribution in [2.45, 2.75) is 33.1 Å². The average Bonchev–Trinajstić information content (AvgIpc) is 2.99. The number of rotatable bonds is 6. The molecule has 6 heteroatoms. The van der Waals surface area contributed by atoms with Crippen molar-refractivity contribution in [3.8, 4) is 0 Å². The standard InChI is InChI=1S/C21H28FN3OS/c1-15-20(27-16(2)23-15)21(26)24(3)13-18-5-4-11-25(14-18)12-10-17-6-8-19(22)9-7-17/h6-9,18H,4-5,10-14H2,1-3H3/t18-/m0/s1. The van der Waals surface area contributed by atoms with E-state index in [1.807, 2.05) is 37.9 Å². The van der Waals surface area contributed by atoms with Crippen molar-refractivity contribution in [1.82, 2.24) is 14.8 Å². The van der Waals surface area contributed by atoms with Crippen LogP contribution >= 0.6 is 11.3 Å². The number of aromatic nitrogens is 1. The Morgan fingerprint density at radius 1 is 1.33 bits per heavy atom. The fraction of sp³-hybridized carbons (Fsp3) is 0.524. The van der Waals surface area contributed by atoms with Gasteiger partial charge in [0.1, 0.15) is 10.7 Å². The van der Waals surface area contributed by atoms with E-state index in [0.29, 0.717) is 5.92 Å². The van der Waals surface area contributed by atoms with Crippen LogP contribution in [0.4, 0.5) is 4.39 Å². The fourth-order valence-corrected chi connectivity index (χ4v) is 4.73. The third kappa shape index (κ3) is 5.36. The number of likely N-dealkylation sites (tertiary alicyclic amines) is 1. The quantitative estimate of drug-likeness (QED) is 0.751. The van der Waals surface area contributed by atoms with Crippen molar-refractivity contribution in [1.29, 1.82) is 0 Å². The maximum atomic E-state index is 13.0. The second-order valence-corrected chi connectivity index (χ2v) is 8.72. The molecule has 1 amide bonds. The first-order valence-electron chi connectivity index (χ1n) is 9.58. The zero-order chi connectivity index (χ0) is 19.4. The molecular weight excluding hydrogens is 361 g/mol. The fourth-order valence-electron chi connectivity index (χ4n) is 3.81. The molecule has 3 rings (SSSR count). The molecule has 0 unspecified atom stereocenters. The minimum absolute atomic E-state index is 0.0848. The van der Waals surface area contributed by atoms with Gasteiger partial charge in [-0.2, -0.15) is 0 Å². The van der Waals surface area contributed by atoms with Crippen LogP contribution in [0.3, 0.4) is 0 Å². The van der Waals surface area contributed by atoms with E-state index < -0.39 is 0 Å². The van der Waals surface area contributed by atoms with Crippen LogP contribution in [0.5, 0.6) is 0 Å². The number of amides is 1. The molecule has 0 N–H and O–H groups in total. The molecule has 2 aromatic rings. The number of benzene rings is 1. The highest BCUT2D eigenvalue weighted by molar-refractivity contribution is 7.13.